The molecule has 0 saturated carbocycles. The van der Waals surface area contributed by atoms with Crippen molar-refractivity contribution in [2.75, 3.05) is 5.32 Å². The summed E-state index contributed by atoms with van der Waals surface area (Å²) in [6.07, 6.45) is 1.75. The molecule has 6 nitrogen and oxygen atoms in total. The van der Waals surface area contributed by atoms with Crippen molar-refractivity contribution in [3.05, 3.63) is 71.8 Å². The molecule has 0 bridgehead atoms. The van der Waals surface area contributed by atoms with Gasteiger partial charge in [0.2, 0.25) is 0 Å². The summed E-state index contributed by atoms with van der Waals surface area (Å²) < 4.78 is 46.8. The number of hydrogen-bond acceptors (Lipinski definition) is 4. The van der Waals surface area contributed by atoms with Crippen LogP contribution in [-0.2, 0) is 7.05 Å². The molecule has 2 heterocycles. The third kappa shape index (κ3) is 3.15. The Morgan fingerprint density at radius 3 is 2.81 bits per heavy atom. The van der Waals surface area contributed by atoms with Crippen molar-refractivity contribution in [1.82, 2.24) is 19.7 Å². The molecular formula is C20H16FN5O. The minimum absolute atomic E-state index is 0.0163. The second-order valence-corrected chi connectivity index (χ2v) is 5.90. The molecule has 0 atom stereocenters. The van der Waals surface area contributed by atoms with Gasteiger partial charge in [0.15, 0.2) is 5.82 Å². The Kier molecular flexibility index (Phi) is 3.10. The average Bonchev–Trinajstić information content (AvgIpc) is 3.09. The summed E-state index contributed by atoms with van der Waals surface area (Å²) in [5.41, 5.74) is 1.56. The molecule has 0 fully saturated rings. The van der Waals surface area contributed by atoms with Crippen LogP contribution in [0.1, 0.15) is 21.7 Å². The van der Waals surface area contributed by atoms with E-state index < -0.39 is 41.5 Å². The Balaban J connectivity index is 1.71. The first-order valence-corrected chi connectivity index (χ1v) is 8.02. The van der Waals surface area contributed by atoms with E-state index in [0.717, 1.165) is 17.1 Å². The van der Waals surface area contributed by atoms with Gasteiger partial charge < -0.3 is 9.88 Å². The molecule has 0 aliphatic carbocycles. The van der Waals surface area contributed by atoms with Gasteiger partial charge in [-0.25, -0.2) is 9.37 Å². The van der Waals surface area contributed by atoms with E-state index in [1.807, 2.05) is 30.7 Å². The molecule has 27 heavy (non-hydrogen) atoms. The highest BCUT2D eigenvalue weighted by Crippen LogP contribution is 2.25. The lowest BCUT2D eigenvalue weighted by Crippen LogP contribution is -2.14. The lowest BCUT2D eigenvalue weighted by atomic mass is 10.1. The molecule has 4 aromatic rings. The van der Waals surface area contributed by atoms with Gasteiger partial charge in [-0.15, -0.1) is 10.2 Å². The van der Waals surface area contributed by atoms with Crippen LogP contribution >= 0.6 is 0 Å². The van der Waals surface area contributed by atoms with Gasteiger partial charge in [0, 0.05) is 18.0 Å². The van der Waals surface area contributed by atoms with Gasteiger partial charge in [0.05, 0.1) is 28.5 Å². The zero-order valence-electron chi connectivity index (χ0n) is 18.5. The van der Waals surface area contributed by atoms with E-state index in [4.69, 9.17) is 5.48 Å². The van der Waals surface area contributed by atoms with Crippen molar-refractivity contribution in [3.8, 4) is 11.3 Å². The van der Waals surface area contributed by atoms with E-state index in [9.17, 15) is 9.18 Å². The number of imidazole rings is 1. The van der Waals surface area contributed by atoms with E-state index in [1.54, 1.807) is 18.3 Å². The molecule has 1 amide bonds. The summed E-state index contributed by atoms with van der Waals surface area (Å²) in [7, 11) is 1.90. The van der Waals surface area contributed by atoms with Crippen molar-refractivity contribution >= 4 is 22.6 Å². The van der Waals surface area contributed by atoms with Crippen LogP contribution in [-0.4, -0.2) is 25.7 Å². The van der Waals surface area contributed by atoms with Crippen LogP contribution in [0, 0.1) is 12.7 Å². The summed E-state index contributed by atoms with van der Waals surface area (Å²) in [5, 5.41) is 11.0. The molecular weight excluding hydrogens is 345 g/mol. The Hall–Kier alpha value is -3.61. The van der Waals surface area contributed by atoms with Crippen LogP contribution in [0.15, 0.2) is 54.6 Å². The van der Waals surface area contributed by atoms with E-state index >= 15 is 0 Å². The number of anilines is 1. The van der Waals surface area contributed by atoms with Crippen LogP contribution in [0.25, 0.3) is 22.2 Å². The fraction of sp³-hybridized carbons (Fsp3) is 0.100. The predicted molar refractivity (Wildman–Crippen MR) is 101 cm³/mol. The summed E-state index contributed by atoms with van der Waals surface area (Å²) >= 11 is 0. The van der Waals surface area contributed by atoms with Gasteiger partial charge in [-0.1, -0.05) is 18.2 Å². The van der Waals surface area contributed by atoms with Gasteiger partial charge in [0.25, 0.3) is 5.91 Å². The monoisotopic (exact) mass is 365 g/mol. The van der Waals surface area contributed by atoms with Crippen molar-refractivity contribution in [1.29, 1.82) is 0 Å². The van der Waals surface area contributed by atoms with Gasteiger partial charge in [0.1, 0.15) is 11.6 Å². The molecule has 0 unspecified atom stereocenters. The number of aromatic nitrogens is 4. The molecule has 0 spiro atoms. The van der Waals surface area contributed by atoms with Gasteiger partial charge in [-0.3, -0.25) is 4.79 Å². The largest absolute Gasteiger partial charge is 0.331 e. The van der Waals surface area contributed by atoms with Crippen LogP contribution in [0.4, 0.5) is 10.2 Å². The number of halogens is 1. The maximum atomic E-state index is 14.4. The van der Waals surface area contributed by atoms with Gasteiger partial charge in [-0.05, 0) is 37.2 Å². The first kappa shape index (κ1) is 12.7. The number of carbonyl (C=O) groups is 1. The smallest absolute Gasteiger partial charge is 0.259 e. The number of nitrogens with one attached hydrogen (secondary N) is 1. The van der Waals surface area contributed by atoms with Crippen LogP contribution in [0.5, 0.6) is 0 Å². The normalized spacial score (nSPS) is 13.0. The molecule has 2 aromatic carbocycles. The topological polar surface area (TPSA) is 72.7 Å². The highest BCUT2D eigenvalue weighted by atomic mass is 19.1. The van der Waals surface area contributed by atoms with Gasteiger partial charge in [-0.2, -0.15) is 0 Å². The standard InChI is InChI=1S/C20H16FN5O/c1-12-22-11-18(26(12)2)13-7-8-17-14(9-13)10-19(25-24-17)23-20(27)15-5-3-4-6-16(15)21/h3-11H,1-2H3,(H,23,25,27)/i3D,4D,5D,6D. The molecule has 134 valence electrons. The Bertz CT molecular complexity index is 1340. The Morgan fingerprint density at radius 1 is 1.22 bits per heavy atom. The molecule has 4 rings (SSSR count). The number of aryl methyl sites for hydroxylation is 1. The molecule has 7 heteroatoms. The maximum Gasteiger partial charge on any atom is 0.259 e. The van der Waals surface area contributed by atoms with Crippen molar-refractivity contribution in [2.24, 2.45) is 7.05 Å². The number of fused-ring (bicyclic) bond motifs is 1. The highest BCUT2D eigenvalue weighted by Gasteiger charge is 2.13. The third-order valence-electron chi connectivity index (χ3n) is 4.21. The molecule has 0 aliphatic rings. The third-order valence-corrected chi connectivity index (χ3v) is 4.21. The van der Waals surface area contributed by atoms with E-state index in [2.05, 4.69) is 20.5 Å². The van der Waals surface area contributed by atoms with Crippen molar-refractivity contribution < 1.29 is 14.7 Å². The van der Waals surface area contributed by atoms with E-state index in [1.165, 1.54) is 0 Å². The second-order valence-electron chi connectivity index (χ2n) is 5.90. The summed E-state index contributed by atoms with van der Waals surface area (Å²) in [6, 6.07) is 3.94. The summed E-state index contributed by atoms with van der Waals surface area (Å²) in [5.74, 6) is -1.50. The Morgan fingerprint density at radius 2 is 2.04 bits per heavy atom. The molecule has 0 saturated heterocycles. The molecule has 1 N–H and O–H groups in total. The second kappa shape index (κ2) is 6.60. The number of benzene rings is 2. The molecule has 2 aromatic heterocycles. The first-order chi connectivity index (χ1) is 14.7. The summed E-state index contributed by atoms with van der Waals surface area (Å²) in [4.78, 5) is 16.8. The van der Waals surface area contributed by atoms with Crippen LogP contribution in [0.3, 0.4) is 0 Å². The number of nitrogens with zero attached hydrogens (tertiary/aromatic N) is 4. The van der Waals surface area contributed by atoms with Gasteiger partial charge >= 0.3 is 0 Å². The lowest BCUT2D eigenvalue weighted by molar-refractivity contribution is 0.102. The van der Waals surface area contributed by atoms with Crippen LogP contribution < -0.4 is 5.32 Å². The minimum Gasteiger partial charge on any atom is -0.331 e. The lowest BCUT2D eigenvalue weighted by Gasteiger charge is -2.08. The first-order valence-electron chi connectivity index (χ1n) is 10.0. The average molecular weight is 365 g/mol. The van der Waals surface area contributed by atoms with Crippen molar-refractivity contribution in [3.63, 3.8) is 0 Å². The summed E-state index contributed by atoms with van der Waals surface area (Å²) in [6.45, 7) is 1.89. The number of hydrogen-bond donors (Lipinski definition) is 1. The van der Waals surface area contributed by atoms with E-state index in [0.29, 0.717) is 10.9 Å². The maximum absolute atomic E-state index is 14.4. The zero-order chi connectivity index (χ0) is 22.4. The molecule has 0 radical (unpaired) electrons. The fourth-order valence-electron chi connectivity index (χ4n) is 2.67. The number of carbonyl (C=O) groups excluding carboxylic acids is 1. The predicted octanol–water partition coefficient (Wildman–Crippen LogP) is 3.73. The molecule has 0 aliphatic heterocycles. The number of rotatable bonds is 3. The minimum atomic E-state index is -1.33. The fourth-order valence-corrected chi connectivity index (χ4v) is 2.67. The Labute approximate surface area is 160 Å². The quantitative estimate of drug-likeness (QED) is 0.600. The SMILES string of the molecule is [2H]c1c([2H])c([2H])c(C(=O)Nc2cc3cc(-c4cnc(C)n4C)ccc3nn2)c(F)c1[2H]. The highest BCUT2D eigenvalue weighted by molar-refractivity contribution is 6.04. The van der Waals surface area contributed by atoms with Crippen LogP contribution in [0.2, 0.25) is 0 Å². The van der Waals surface area contributed by atoms with E-state index in [-0.39, 0.29) is 5.82 Å². The zero-order valence-corrected chi connectivity index (χ0v) is 14.5. The van der Waals surface area contributed by atoms with Crippen molar-refractivity contribution in [2.45, 2.75) is 6.92 Å². The number of amides is 1.